The number of rotatable bonds is 30. The Morgan fingerprint density at radius 1 is 0.562 bits per heavy atom. The molecule has 0 aromatic heterocycles. The van der Waals surface area contributed by atoms with Gasteiger partial charge in [0.15, 0.2) is 12.2 Å². The minimum atomic E-state index is -4.87. The molecule has 0 saturated carbocycles. The molecule has 0 aromatic carbocycles. The number of unbranched alkanes of at least 4 members (excludes halogenated alkanes) is 7. The maximum atomic E-state index is 12.4. The maximum absolute atomic E-state index is 12.4. The summed E-state index contributed by atoms with van der Waals surface area (Å²) in [6, 6.07) is 0. The Hall–Kier alpha value is -1.94. The van der Waals surface area contributed by atoms with Crippen LogP contribution in [-0.2, 0) is 65.4 Å². The van der Waals surface area contributed by atoms with Gasteiger partial charge in [-0.25, -0.2) is 9.13 Å². The summed E-state index contributed by atoms with van der Waals surface area (Å²) in [5.41, 5.74) is 0. The number of aliphatic hydroxyl groups excluding tert-OH is 1. The van der Waals surface area contributed by atoms with Crippen LogP contribution < -0.4 is 0 Å². The van der Waals surface area contributed by atoms with Crippen LogP contribution >= 0.6 is 15.6 Å². The number of carbonyl (C=O) groups excluding carboxylic acids is 4. The van der Waals surface area contributed by atoms with E-state index in [2.05, 4.69) is 11.4 Å². The Kier molecular flexibility index (Phi) is 25.8. The Morgan fingerprint density at radius 3 is 1.46 bits per heavy atom. The SMILES string of the molecule is CCCCCCCC(=O)OC[C@H](COP(=O)(O)OC[C@@H](O)COP(=O)(O)OC[C@@H](COC(C)=O)OC(=O)CC)OC(=O)CCCCCC. The lowest BCUT2D eigenvalue weighted by atomic mass is 10.1. The third-order valence-corrected chi connectivity index (χ3v) is 8.12. The van der Waals surface area contributed by atoms with Gasteiger partial charge in [-0.2, -0.15) is 0 Å². The molecule has 19 heteroatoms. The lowest BCUT2D eigenvalue weighted by Gasteiger charge is -2.21. The van der Waals surface area contributed by atoms with Crippen molar-refractivity contribution in [1.29, 1.82) is 0 Å². The molecule has 3 N–H and O–H groups in total. The fourth-order valence-corrected chi connectivity index (χ4v) is 5.20. The van der Waals surface area contributed by atoms with Crippen LogP contribution in [0.3, 0.4) is 0 Å². The molecule has 17 nitrogen and oxygen atoms in total. The number of carbonyl (C=O) groups is 4. The topological polar surface area (TPSA) is 237 Å². The molecule has 0 rings (SSSR count). The van der Waals surface area contributed by atoms with Crippen molar-refractivity contribution in [1.82, 2.24) is 0 Å². The van der Waals surface area contributed by atoms with Gasteiger partial charge in [0.1, 0.15) is 19.3 Å². The Balaban J connectivity index is 4.89. The summed E-state index contributed by atoms with van der Waals surface area (Å²) in [6.07, 6.45) is 3.98. The zero-order chi connectivity index (χ0) is 36.4. The van der Waals surface area contributed by atoms with E-state index < -0.39 is 97.5 Å². The fraction of sp³-hybridized carbons (Fsp3) is 0.862. The first kappa shape index (κ1) is 46.1. The normalized spacial score (nSPS) is 15.7. The van der Waals surface area contributed by atoms with Gasteiger partial charge in [0.2, 0.25) is 0 Å². The molecular formula is C29H54O17P2. The van der Waals surface area contributed by atoms with Crippen molar-refractivity contribution in [2.75, 3.05) is 39.6 Å². The molecule has 282 valence electrons. The molecule has 0 aliphatic heterocycles. The van der Waals surface area contributed by atoms with Gasteiger partial charge in [-0.1, -0.05) is 65.7 Å². The van der Waals surface area contributed by atoms with Gasteiger partial charge in [-0.05, 0) is 12.8 Å². The van der Waals surface area contributed by atoms with Gasteiger partial charge in [0.05, 0.1) is 26.4 Å². The Bertz CT molecular complexity index is 1020. The van der Waals surface area contributed by atoms with Crippen LogP contribution in [0.2, 0.25) is 0 Å². The van der Waals surface area contributed by atoms with Gasteiger partial charge in [0.25, 0.3) is 0 Å². The van der Waals surface area contributed by atoms with Crippen LogP contribution in [0.25, 0.3) is 0 Å². The van der Waals surface area contributed by atoms with E-state index in [4.69, 9.17) is 32.5 Å². The van der Waals surface area contributed by atoms with Crippen molar-refractivity contribution in [2.24, 2.45) is 0 Å². The predicted octanol–water partition coefficient (Wildman–Crippen LogP) is 4.29. The summed E-state index contributed by atoms with van der Waals surface area (Å²) in [5.74, 6) is -2.50. The van der Waals surface area contributed by atoms with Crippen molar-refractivity contribution in [3.63, 3.8) is 0 Å². The van der Waals surface area contributed by atoms with Crippen LogP contribution in [0, 0.1) is 0 Å². The predicted molar refractivity (Wildman–Crippen MR) is 169 cm³/mol. The van der Waals surface area contributed by atoms with Gasteiger partial charge >= 0.3 is 39.5 Å². The van der Waals surface area contributed by atoms with E-state index in [9.17, 15) is 43.2 Å². The van der Waals surface area contributed by atoms with E-state index in [0.29, 0.717) is 12.8 Å². The first-order valence-electron chi connectivity index (χ1n) is 16.2. The van der Waals surface area contributed by atoms with Gasteiger partial charge in [0, 0.05) is 26.2 Å². The zero-order valence-corrected chi connectivity index (χ0v) is 30.2. The first-order chi connectivity index (χ1) is 22.6. The highest BCUT2D eigenvalue weighted by Crippen LogP contribution is 2.45. The number of aliphatic hydroxyl groups is 1. The molecule has 0 radical (unpaired) electrons. The summed E-state index contributed by atoms with van der Waals surface area (Å²) in [5, 5.41) is 10.1. The second-order valence-electron chi connectivity index (χ2n) is 10.8. The van der Waals surface area contributed by atoms with E-state index in [1.165, 1.54) is 6.92 Å². The Morgan fingerprint density at radius 2 is 0.979 bits per heavy atom. The number of hydrogen-bond acceptors (Lipinski definition) is 15. The second kappa shape index (κ2) is 26.9. The van der Waals surface area contributed by atoms with Crippen molar-refractivity contribution in [2.45, 2.75) is 123 Å². The van der Waals surface area contributed by atoms with E-state index in [0.717, 1.165) is 51.9 Å². The molecule has 48 heavy (non-hydrogen) atoms. The molecule has 0 bridgehead atoms. The summed E-state index contributed by atoms with van der Waals surface area (Å²) in [4.78, 5) is 67.0. The molecule has 0 saturated heterocycles. The van der Waals surface area contributed by atoms with Crippen LogP contribution in [-0.4, -0.2) is 96.7 Å². The quantitative estimate of drug-likeness (QED) is 0.0403. The number of hydrogen-bond donors (Lipinski definition) is 3. The van der Waals surface area contributed by atoms with Crippen molar-refractivity contribution in [3.8, 4) is 0 Å². The smallest absolute Gasteiger partial charge is 0.462 e. The average Bonchev–Trinajstić information content (AvgIpc) is 3.03. The van der Waals surface area contributed by atoms with Crippen LogP contribution in [0.4, 0.5) is 0 Å². The molecule has 0 fully saturated rings. The molecular weight excluding hydrogens is 682 g/mol. The first-order valence-corrected chi connectivity index (χ1v) is 19.2. The number of esters is 4. The van der Waals surface area contributed by atoms with Crippen LogP contribution in [0.1, 0.15) is 105 Å². The standard InChI is InChI=1S/C29H54O17P2/c1-5-8-10-12-14-15-28(33)40-20-26(46-29(34)16-13-11-9-6-2)22-44-48(37,38)42-18-24(31)17-41-47(35,36)43-21-25(19-39-23(4)30)45-27(32)7-3/h24-26,31H,5-22H2,1-4H3,(H,35,36)(H,37,38)/t24-,25+,26+/m0/s1. The lowest BCUT2D eigenvalue weighted by Crippen LogP contribution is -2.30. The number of phosphoric acid groups is 2. The van der Waals surface area contributed by atoms with Crippen molar-refractivity contribution < 1.29 is 80.2 Å². The van der Waals surface area contributed by atoms with Crippen molar-refractivity contribution in [3.05, 3.63) is 0 Å². The highest BCUT2D eigenvalue weighted by atomic mass is 31.2. The number of ether oxygens (including phenoxy) is 4. The highest BCUT2D eigenvalue weighted by Gasteiger charge is 2.30. The second-order valence-corrected chi connectivity index (χ2v) is 13.7. The van der Waals surface area contributed by atoms with Gasteiger partial charge in [-0.15, -0.1) is 0 Å². The summed E-state index contributed by atoms with van der Waals surface area (Å²) in [6.45, 7) is 2.66. The largest absolute Gasteiger partial charge is 0.472 e. The summed E-state index contributed by atoms with van der Waals surface area (Å²) >= 11 is 0. The van der Waals surface area contributed by atoms with E-state index in [1.807, 2.05) is 6.92 Å². The minimum absolute atomic E-state index is 0.0217. The maximum Gasteiger partial charge on any atom is 0.472 e. The van der Waals surface area contributed by atoms with E-state index in [1.54, 1.807) is 0 Å². The lowest BCUT2D eigenvalue weighted by molar-refractivity contribution is -0.161. The summed E-state index contributed by atoms with van der Waals surface area (Å²) in [7, 11) is -9.72. The average molecular weight is 737 g/mol. The van der Waals surface area contributed by atoms with Gasteiger partial charge < -0.3 is 33.8 Å². The van der Waals surface area contributed by atoms with Crippen LogP contribution in [0.5, 0.6) is 0 Å². The Labute approximate surface area is 282 Å². The third-order valence-electron chi connectivity index (χ3n) is 6.21. The molecule has 0 aliphatic rings. The molecule has 0 amide bonds. The molecule has 0 aliphatic carbocycles. The van der Waals surface area contributed by atoms with E-state index >= 15 is 0 Å². The monoisotopic (exact) mass is 736 g/mol. The van der Waals surface area contributed by atoms with E-state index in [-0.39, 0.29) is 19.3 Å². The minimum Gasteiger partial charge on any atom is -0.462 e. The fourth-order valence-electron chi connectivity index (χ4n) is 3.62. The number of phosphoric ester groups is 2. The highest BCUT2D eigenvalue weighted by molar-refractivity contribution is 7.47. The molecule has 5 atom stereocenters. The zero-order valence-electron chi connectivity index (χ0n) is 28.4. The molecule has 0 spiro atoms. The van der Waals surface area contributed by atoms with Crippen molar-refractivity contribution >= 4 is 39.5 Å². The molecule has 0 aromatic rings. The summed E-state index contributed by atoms with van der Waals surface area (Å²) < 4.78 is 63.8. The van der Waals surface area contributed by atoms with Crippen LogP contribution in [0.15, 0.2) is 0 Å². The molecule has 0 heterocycles. The molecule has 2 unspecified atom stereocenters. The van der Waals surface area contributed by atoms with Gasteiger partial charge in [-0.3, -0.25) is 37.3 Å². The third kappa shape index (κ3) is 26.9.